The van der Waals surface area contributed by atoms with E-state index in [0.29, 0.717) is 0 Å². The third kappa shape index (κ3) is 2.44. The van der Waals surface area contributed by atoms with Crippen molar-refractivity contribution in [3.05, 3.63) is 5.21 Å². The van der Waals surface area contributed by atoms with Crippen LogP contribution in [-0.2, 0) is 4.74 Å². The summed E-state index contributed by atoms with van der Waals surface area (Å²) in [4.78, 5) is 0. The van der Waals surface area contributed by atoms with Crippen LogP contribution >= 0.6 is 0 Å². The Morgan fingerprint density at radius 1 is 1.25 bits per heavy atom. The lowest BCUT2D eigenvalue weighted by Crippen LogP contribution is -3.22. The molecular weight excluding hydrogens is 154 g/mol. The summed E-state index contributed by atoms with van der Waals surface area (Å²) in [6.07, 6.45) is 0.846. The molecule has 0 aromatic carbocycles. The van der Waals surface area contributed by atoms with Gasteiger partial charge in [-0.3, -0.25) is 0 Å². The summed E-state index contributed by atoms with van der Waals surface area (Å²) in [5.74, 6) is 0. The van der Waals surface area contributed by atoms with Gasteiger partial charge in [0, 0.05) is 21.0 Å². The molecule has 3 nitrogen and oxygen atoms in total. The van der Waals surface area contributed by atoms with Crippen LogP contribution in [-0.4, -0.2) is 18.4 Å². The molecule has 0 aliphatic heterocycles. The molecule has 0 heterocycles. The molecule has 1 atom stereocenters. The number of methoxy groups -OCH3 is 1. The second-order valence-corrected chi connectivity index (χ2v) is 4.28. The lowest BCUT2D eigenvalue weighted by Gasteiger charge is -2.46. The van der Waals surface area contributed by atoms with Gasteiger partial charge >= 0.3 is 0 Å². The van der Waals surface area contributed by atoms with E-state index < -0.39 is 5.72 Å². The standard InChI is InChI=1S/C9H21NO2/c1-7-8(2,3)10(11)9(4,5)12-6/h10H,7H2,1-6H3. The minimum Gasteiger partial charge on any atom is -0.632 e. The van der Waals surface area contributed by atoms with Gasteiger partial charge in [0.15, 0.2) is 5.72 Å². The quantitative estimate of drug-likeness (QED) is 0.510. The van der Waals surface area contributed by atoms with Crippen LogP contribution in [0.25, 0.3) is 0 Å². The summed E-state index contributed by atoms with van der Waals surface area (Å²) in [5, 5.41) is 12.0. The molecule has 0 rings (SSSR count). The van der Waals surface area contributed by atoms with Crippen LogP contribution in [0.15, 0.2) is 0 Å². The predicted molar refractivity (Wildman–Crippen MR) is 49.8 cm³/mol. The SMILES string of the molecule is CCC(C)(C)[NH+]([O-])C(C)(C)OC. The highest BCUT2D eigenvalue weighted by Gasteiger charge is 2.34. The molecule has 12 heavy (non-hydrogen) atoms. The number of ether oxygens (including phenoxy) is 1. The average Bonchev–Trinajstić information content (AvgIpc) is 2.03. The first-order chi connectivity index (χ1) is 5.28. The van der Waals surface area contributed by atoms with Gasteiger partial charge in [0.25, 0.3) is 0 Å². The van der Waals surface area contributed by atoms with E-state index in [1.807, 2.05) is 34.6 Å². The highest BCUT2D eigenvalue weighted by molar-refractivity contribution is 4.67. The van der Waals surface area contributed by atoms with Gasteiger partial charge in [0.2, 0.25) is 0 Å². The van der Waals surface area contributed by atoms with Crippen molar-refractivity contribution >= 4 is 0 Å². The molecule has 0 radical (unpaired) electrons. The van der Waals surface area contributed by atoms with Crippen LogP contribution < -0.4 is 5.06 Å². The van der Waals surface area contributed by atoms with Crippen molar-refractivity contribution in [2.24, 2.45) is 0 Å². The van der Waals surface area contributed by atoms with E-state index in [1.165, 1.54) is 0 Å². The fraction of sp³-hybridized carbons (Fsp3) is 1.00. The molecule has 1 N–H and O–H groups in total. The zero-order chi connectivity index (χ0) is 9.99. The van der Waals surface area contributed by atoms with Gasteiger partial charge in [-0.15, -0.1) is 0 Å². The minimum absolute atomic E-state index is 0.167. The number of hydroxylamine groups is 2. The smallest absolute Gasteiger partial charge is 0.195 e. The van der Waals surface area contributed by atoms with Crippen LogP contribution in [0, 0.1) is 5.21 Å². The molecule has 0 spiro atoms. The van der Waals surface area contributed by atoms with E-state index in [4.69, 9.17) is 4.74 Å². The first-order valence-corrected chi connectivity index (χ1v) is 4.38. The van der Waals surface area contributed by atoms with E-state index >= 15 is 0 Å². The number of hydrogen-bond acceptors (Lipinski definition) is 2. The largest absolute Gasteiger partial charge is 0.632 e. The van der Waals surface area contributed by atoms with Crippen LogP contribution in [0.5, 0.6) is 0 Å². The first-order valence-electron chi connectivity index (χ1n) is 4.38. The molecule has 0 aliphatic rings. The zero-order valence-corrected chi connectivity index (χ0v) is 9.02. The number of nitrogens with one attached hydrogen (secondary N) is 1. The molecule has 3 heteroatoms. The Labute approximate surface area is 75.3 Å². The Kier molecular flexibility index (Phi) is 3.69. The summed E-state index contributed by atoms with van der Waals surface area (Å²) in [5.41, 5.74) is -0.932. The maximum atomic E-state index is 11.8. The van der Waals surface area contributed by atoms with Crippen molar-refractivity contribution < 1.29 is 9.80 Å². The van der Waals surface area contributed by atoms with Crippen molar-refractivity contribution in [2.75, 3.05) is 7.11 Å². The van der Waals surface area contributed by atoms with Gasteiger partial charge in [-0.25, -0.2) is 0 Å². The monoisotopic (exact) mass is 175 g/mol. The molecule has 0 fully saturated rings. The fourth-order valence-electron chi connectivity index (χ4n) is 1.07. The van der Waals surface area contributed by atoms with Crippen molar-refractivity contribution in [2.45, 2.75) is 52.3 Å². The molecule has 74 valence electrons. The Bertz CT molecular complexity index is 127. The van der Waals surface area contributed by atoms with Gasteiger partial charge in [-0.1, -0.05) is 6.92 Å². The molecule has 1 unspecified atom stereocenters. The van der Waals surface area contributed by atoms with Crippen molar-refractivity contribution in [1.29, 1.82) is 0 Å². The van der Waals surface area contributed by atoms with Crippen LogP contribution in [0.2, 0.25) is 0 Å². The molecule has 0 bridgehead atoms. The van der Waals surface area contributed by atoms with Gasteiger partial charge in [-0.2, -0.15) is 0 Å². The minimum atomic E-state index is -0.653. The summed E-state index contributed by atoms with van der Waals surface area (Å²) in [6.45, 7) is 9.55. The maximum Gasteiger partial charge on any atom is 0.195 e. The Morgan fingerprint density at radius 2 is 1.67 bits per heavy atom. The Balaban J connectivity index is 4.47. The second-order valence-electron chi connectivity index (χ2n) is 4.28. The van der Waals surface area contributed by atoms with Crippen LogP contribution in [0.4, 0.5) is 0 Å². The number of rotatable bonds is 4. The summed E-state index contributed by atoms with van der Waals surface area (Å²) < 4.78 is 5.14. The van der Waals surface area contributed by atoms with Gasteiger partial charge in [0.1, 0.15) is 0 Å². The van der Waals surface area contributed by atoms with E-state index in [9.17, 15) is 5.21 Å². The zero-order valence-electron chi connectivity index (χ0n) is 9.02. The summed E-state index contributed by atoms with van der Waals surface area (Å²) in [6, 6.07) is 0. The average molecular weight is 175 g/mol. The Morgan fingerprint density at radius 3 is 1.92 bits per heavy atom. The molecule has 0 aliphatic carbocycles. The van der Waals surface area contributed by atoms with E-state index in [-0.39, 0.29) is 10.6 Å². The maximum absolute atomic E-state index is 11.8. The second kappa shape index (κ2) is 3.73. The van der Waals surface area contributed by atoms with Gasteiger partial charge in [-0.05, 0) is 20.3 Å². The lowest BCUT2D eigenvalue weighted by molar-refractivity contribution is -0.973. The highest BCUT2D eigenvalue weighted by atomic mass is 16.6. The van der Waals surface area contributed by atoms with Crippen LogP contribution in [0.3, 0.4) is 0 Å². The molecule has 0 amide bonds. The van der Waals surface area contributed by atoms with E-state index in [2.05, 4.69) is 0 Å². The van der Waals surface area contributed by atoms with Crippen molar-refractivity contribution in [1.82, 2.24) is 0 Å². The van der Waals surface area contributed by atoms with E-state index in [0.717, 1.165) is 6.42 Å². The van der Waals surface area contributed by atoms with Gasteiger partial charge < -0.3 is 15.0 Å². The molecule has 0 saturated heterocycles. The molecule has 0 saturated carbocycles. The molecule has 0 aromatic rings. The third-order valence-corrected chi connectivity index (χ3v) is 2.56. The number of quaternary nitrogens is 1. The van der Waals surface area contributed by atoms with Crippen molar-refractivity contribution in [3.63, 3.8) is 0 Å². The highest BCUT2D eigenvalue weighted by Crippen LogP contribution is 2.07. The molecule has 0 aromatic heterocycles. The third-order valence-electron chi connectivity index (χ3n) is 2.56. The summed E-state index contributed by atoms with van der Waals surface area (Å²) in [7, 11) is 1.57. The molecular formula is C9H21NO2. The first kappa shape index (κ1) is 11.9. The predicted octanol–water partition coefficient (Wildman–Crippen LogP) is 0.940. The lowest BCUT2D eigenvalue weighted by atomic mass is 9.99. The summed E-state index contributed by atoms with van der Waals surface area (Å²) >= 11 is 0. The normalized spacial score (nSPS) is 16.2. The van der Waals surface area contributed by atoms with Crippen LogP contribution in [0.1, 0.15) is 41.0 Å². The fourth-order valence-corrected chi connectivity index (χ4v) is 1.07. The van der Waals surface area contributed by atoms with Crippen molar-refractivity contribution in [3.8, 4) is 0 Å². The van der Waals surface area contributed by atoms with E-state index in [1.54, 1.807) is 7.11 Å². The van der Waals surface area contributed by atoms with Gasteiger partial charge in [0.05, 0.1) is 5.54 Å². The Hall–Kier alpha value is -0.120. The number of hydrogen-bond donors (Lipinski definition) is 1. The topological polar surface area (TPSA) is 36.7 Å².